The van der Waals surface area contributed by atoms with E-state index in [9.17, 15) is 19.5 Å². The average Bonchev–Trinajstić information content (AvgIpc) is 3.37. The molecular weight excluding hydrogens is 468 g/mol. The number of hydrogen-bond acceptors (Lipinski definition) is 6. The minimum atomic E-state index is -1.26. The fraction of sp³-hybridized carbons (Fsp3) is 0.280. The van der Waals surface area contributed by atoms with Crippen LogP contribution in [0.3, 0.4) is 0 Å². The summed E-state index contributed by atoms with van der Waals surface area (Å²) in [5.41, 5.74) is 4.23. The number of ether oxygens (including phenoxy) is 1. The second-order valence-corrected chi connectivity index (χ2v) is 9.15. The van der Waals surface area contributed by atoms with E-state index in [4.69, 9.17) is 4.74 Å². The van der Waals surface area contributed by atoms with E-state index >= 15 is 0 Å². The topological polar surface area (TPSA) is 123 Å². The number of carboxylic acids is 1. The molecule has 182 valence electrons. The van der Waals surface area contributed by atoms with E-state index < -0.39 is 24.0 Å². The minimum absolute atomic E-state index is 0.0634. The quantitative estimate of drug-likeness (QED) is 0.414. The number of thioether (sulfide) groups is 1. The summed E-state index contributed by atoms with van der Waals surface area (Å²) in [6, 6.07) is 15.2. The van der Waals surface area contributed by atoms with Crippen molar-refractivity contribution < 1.29 is 24.2 Å². The fourth-order valence-electron chi connectivity index (χ4n) is 4.24. The molecule has 1 atom stereocenters. The number of hydrogen-bond donors (Lipinski definition) is 3. The van der Waals surface area contributed by atoms with Crippen LogP contribution in [0.1, 0.15) is 34.0 Å². The number of carbonyl (C=O) groups is 3. The molecule has 0 fully saturated rings. The summed E-state index contributed by atoms with van der Waals surface area (Å²) in [5, 5.41) is 18.4. The van der Waals surface area contributed by atoms with Crippen LogP contribution < -0.4 is 10.6 Å². The second-order valence-electron chi connectivity index (χ2n) is 8.16. The van der Waals surface area contributed by atoms with E-state index in [-0.39, 0.29) is 23.9 Å². The molecule has 3 N–H and O–H groups in total. The number of aryl methyl sites for hydroxylation is 1. The van der Waals surface area contributed by atoms with Crippen molar-refractivity contribution in [1.29, 1.82) is 0 Å². The van der Waals surface area contributed by atoms with Gasteiger partial charge >= 0.3 is 12.1 Å². The number of alkyl carbamates (subject to hydrolysis) is 1. The van der Waals surface area contributed by atoms with Gasteiger partial charge in [0.1, 0.15) is 12.6 Å². The van der Waals surface area contributed by atoms with Gasteiger partial charge in [-0.2, -0.15) is 16.9 Å². The van der Waals surface area contributed by atoms with Crippen molar-refractivity contribution in [1.82, 2.24) is 15.1 Å². The lowest BCUT2D eigenvalue weighted by Gasteiger charge is -2.19. The summed E-state index contributed by atoms with van der Waals surface area (Å²) < 4.78 is 6.87. The highest BCUT2D eigenvalue weighted by molar-refractivity contribution is 7.98. The molecule has 1 aliphatic rings. The second kappa shape index (κ2) is 10.6. The van der Waals surface area contributed by atoms with E-state index in [1.165, 1.54) is 22.6 Å². The molecule has 2 amide bonds. The van der Waals surface area contributed by atoms with Crippen molar-refractivity contribution in [2.24, 2.45) is 7.05 Å². The summed E-state index contributed by atoms with van der Waals surface area (Å²) in [6.07, 6.45) is 2.93. The Kier molecular flexibility index (Phi) is 7.40. The molecule has 0 aliphatic heterocycles. The molecular formula is C25H26N4O5S. The lowest BCUT2D eigenvalue weighted by molar-refractivity contribution is -0.118. The third kappa shape index (κ3) is 5.32. The van der Waals surface area contributed by atoms with Gasteiger partial charge in [-0.3, -0.25) is 9.48 Å². The SMILES string of the molecule is CSCC[C@H](NC(=O)OCC1c2ccccc2-c2ccccc21)C(=O)Nc1cn(C)nc1C(=O)O. The summed E-state index contributed by atoms with van der Waals surface area (Å²) >= 11 is 1.53. The van der Waals surface area contributed by atoms with Gasteiger partial charge in [0.15, 0.2) is 5.69 Å². The largest absolute Gasteiger partial charge is 0.476 e. The molecule has 2 aromatic carbocycles. The monoisotopic (exact) mass is 494 g/mol. The van der Waals surface area contributed by atoms with Crippen molar-refractivity contribution in [3.63, 3.8) is 0 Å². The van der Waals surface area contributed by atoms with Crippen molar-refractivity contribution in [2.45, 2.75) is 18.4 Å². The van der Waals surface area contributed by atoms with E-state index in [0.29, 0.717) is 12.2 Å². The molecule has 9 nitrogen and oxygen atoms in total. The van der Waals surface area contributed by atoms with Crippen LogP contribution in [-0.4, -0.2) is 57.5 Å². The first kappa shape index (κ1) is 24.3. The van der Waals surface area contributed by atoms with Crippen LogP contribution in [-0.2, 0) is 16.6 Å². The number of aromatic nitrogens is 2. The number of nitrogens with zero attached hydrogens (tertiary/aromatic N) is 2. The van der Waals surface area contributed by atoms with Gasteiger partial charge in [-0.1, -0.05) is 48.5 Å². The Labute approximate surface area is 206 Å². The Bertz CT molecular complexity index is 1210. The molecule has 0 saturated heterocycles. The predicted octanol–water partition coefficient (Wildman–Crippen LogP) is 3.72. The van der Waals surface area contributed by atoms with Crippen LogP contribution in [0.15, 0.2) is 54.7 Å². The number of carboxylic acid groups (broad SMARTS) is 1. The summed E-state index contributed by atoms with van der Waals surface area (Å²) in [7, 11) is 1.56. The van der Waals surface area contributed by atoms with Crippen LogP contribution >= 0.6 is 11.8 Å². The zero-order valence-corrected chi connectivity index (χ0v) is 20.2. The van der Waals surface area contributed by atoms with Gasteiger partial charge in [0, 0.05) is 19.2 Å². The summed E-state index contributed by atoms with van der Waals surface area (Å²) in [4.78, 5) is 37.0. The summed E-state index contributed by atoms with van der Waals surface area (Å²) in [5.74, 6) is -1.28. The normalized spacial score (nSPS) is 13.0. The molecule has 1 heterocycles. The van der Waals surface area contributed by atoms with Crippen LogP contribution in [0, 0.1) is 0 Å². The van der Waals surface area contributed by atoms with Gasteiger partial charge in [0.2, 0.25) is 5.91 Å². The van der Waals surface area contributed by atoms with Gasteiger partial charge in [-0.05, 0) is 40.7 Å². The maximum atomic E-state index is 12.9. The number of carbonyl (C=O) groups excluding carboxylic acids is 2. The maximum Gasteiger partial charge on any atom is 0.407 e. The lowest BCUT2D eigenvalue weighted by Crippen LogP contribution is -2.44. The molecule has 0 saturated carbocycles. The molecule has 0 unspecified atom stereocenters. The van der Waals surface area contributed by atoms with E-state index in [1.54, 1.807) is 7.05 Å². The number of benzene rings is 2. The van der Waals surface area contributed by atoms with Crippen molar-refractivity contribution >= 4 is 35.4 Å². The van der Waals surface area contributed by atoms with Crippen LogP contribution in [0.5, 0.6) is 0 Å². The first-order chi connectivity index (χ1) is 16.9. The van der Waals surface area contributed by atoms with Gasteiger partial charge < -0.3 is 20.5 Å². The van der Waals surface area contributed by atoms with Gasteiger partial charge in [-0.15, -0.1) is 0 Å². The highest BCUT2D eigenvalue weighted by Gasteiger charge is 2.30. The minimum Gasteiger partial charge on any atom is -0.476 e. The molecule has 4 rings (SSSR count). The zero-order chi connectivity index (χ0) is 24.9. The first-order valence-electron chi connectivity index (χ1n) is 11.1. The van der Waals surface area contributed by atoms with E-state index in [0.717, 1.165) is 22.3 Å². The third-order valence-electron chi connectivity index (χ3n) is 5.85. The molecule has 1 aliphatic carbocycles. The predicted molar refractivity (Wildman–Crippen MR) is 134 cm³/mol. The third-order valence-corrected chi connectivity index (χ3v) is 6.50. The van der Waals surface area contributed by atoms with Crippen molar-refractivity contribution in [3.05, 3.63) is 71.5 Å². The Morgan fingerprint density at radius 1 is 1.11 bits per heavy atom. The van der Waals surface area contributed by atoms with Crippen molar-refractivity contribution in [3.8, 4) is 11.1 Å². The highest BCUT2D eigenvalue weighted by Crippen LogP contribution is 2.44. The zero-order valence-electron chi connectivity index (χ0n) is 19.4. The maximum absolute atomic E-state index is 12.9. The number of fused-ring (bicyclic) bond motifs is 3. The number of nitrogens with one attached hydrogen (secondary N) is 2. The molecule has 0 bridgehead atoms. The van der Waals surface area contributed by atoms with Crippen LogP contribution in [0.2, 0.25) is 0 Å². The van der Waals surface area contributed by atoms with Crippen molar-refractivity contribution in [2.75, 3.05) is 23.9 Å². The van der Waals surface area contributed by atoms with Crippen LogP contribution in [0.4, 0.5) is 10.5 Å². The molecule has 0 spiro atoms. The Balaban J connectivity index is 1.43. The molecule has 0 radical (unpaired) electrons. The first-order valence-corrected chi connectivity index (χ1v) is 12.5. The van der Waals surface area contributed by atoms with Gasteiger partial charge in [0.25, 0.3) is 0 Å². The molecule has 35 heavy (non-hydrogen) atoms. The van der Waals surface area contributed by atoms with E-state index in [1.807, 2.05) is 42.7 Å². The Hall–Kier alpha value is -3.79. The molecule has 3 aromatic rings. The van der Waals surface area contributed by atoms with Crippen LogP contribution in [0.25, 0.3) is 11.1 Å². The highest BCUT2D eigenvalue weighted by atomic mass is 32.2. The fourth-order valence-corrected chi connectivity index (χ4v) is 4.72. The average molecular weight is 495 g/mol. The molecule has 1 aromatic heterocycles. The van der Waals surface area contributed by atoms with Gasteiger partial charge in [-0.25, -0.2) is 9.59 Å². The van der Waals surface area contributed by atoms with Gasteiger partial charge in [0.05, 0.1) is 5.69 Å². The lowest BCUT2D eigenvalue weighted by atomic mass is 9.98. The number of amides is 2. The Morgan fingerprint density at radius 3 is 2.34 bits per heavy atom. The smallest absolute Gasteiger partial charge is 0.407 e. The number of anilines is 1. The molecule has 10 heteroatoms. The standard InChI is InChI=1S/C25H26N4O5S/c1-29-13-21(22(28-29)24(31)32)26-23(30)20(11-12-35-2)27-25(33)34-14-19-17-9-5-3-7-15(17)16-8-4-6-10-18(16)19/h3-10,13,19-20H,11-12,14H2,1-2H3,(H,26,30)(H,27,33)(H,31,32)/t20-/m0/s1. The van der Waals surface area contributed by atoms with E-state index in [2.05, 4.69) is 27.9 Å². The summed E-state index contributed by atoms with van der Waals surface area (Å²) in [6.45, 7) is 0.127. The number of aromatic carboxylic acids is 1. The Morgan fingerprint density at radius 2 is 1.74 bits per heavy atom. The number of rotatable bonds is 9.